The van der Waals surface area contributed by atoms with Gasteiger partial charge in [-0.3, -0.25) is 9.59 Å². The Morgan fingerprint density at radius 3 is 2.30 bits per heavy atom. The maximum Gasteiger partial charge on any atom is 0.408 e. The number of nitrogens with zero attached hydrogens (tertiary/aromatic N) is 3. The zero-order chi connectivity index (χ0) is 32.8. The van der Waals surface area contributed by atoms with Crippen LogP contribution < -0.4 is 10.6 Å². The van der Waals surface area contributed by atoms with Gasteiger partial charge in [0.1, 0.15) is 41.4 Å². The highest BCUT2D eigenvalue weighted by atomic mass is 32.1. The molecule has 0 bridgehead atoms. The third-order valence-electron chi connectivity index (χ3n) is 7.32. The number of alkyl carbamates (subject to hydrolysis) is 1. The minimum atomic E-state index is -1.22. The standard InChI is InChI=1S/C35H38FN5O5.H2S/c1-23-10-16-27(17-11-23)37-32-31(25-12-14-26(36)15-13-25)39-29-21-40(18-19-41(29)32)33(43)28(38-34(44)46-35(2,3)4)20-30(42)45-22-24-8-6-5-7-9-24;/h5-17,28,37H,18-22H2,1-4H3,(H,38,44);1H2/t28-;/m0./s1. The van der Waals surface area contributed by atoms with Gasteiger partial charge in [-0.05, 0) is 69.7 Å². The highest BCUT2D eigenvalue weighted by Crippen LogP contribution is 2.33. The lowest BCUT2D eigenvalue weighted by Gasteiger charge is -2.32. The Hall–Kier alpha value is -4.84. The molecule has 0 saturated carbocycles. The van der Waals surface area contributed by atoms with Gasteiger partial charge in [0.25, 0.3) is 0 Å². The zero-order valence-electron chi connectivity index (χ0n) is 26.9. The number of anilines is 2. The van der Waals surface area contributed by atoms with Crippen molar-refractivity contribution in [1.82, 2.24) is 19.8 Å². The number of imidazole rings is 1. The third kappa shape index (κ3) is 9.35. The van der Waals surface area contributed by atoms with Crippen molar-refractivity contribution < 1.29 is 28.2 Å². The number of nitrogens with one attached hydrogen (secondary N) is 2. The summed E-state index contributed by atoms with van der Waals surface area (Å²) >= 11 is 0. The summed E-state index contributed by atoms with van der Waals surface area (Å²) < 4.78 is 26.6. The van der Waals surface area contributed by atoms with Crippen LogP contribution in [0.3, 0.4) is 0 Å². The second-order valence-corrected chi connectivity index (χ2v) is 12.2. The first kappa shape index (κ1) is 35.0. The van der Waals surface area contributed by atoms with E-state index in [-0.39, 0.29) is 38.9 Å². The lowest BCUT2D eigenvalue weighted by atomic mass is 10.1. The maximum absolute atomic E-state index is 13.9. The van der Waals surface area contributed by atoms with Gasteiger partial charge in [0.2, 0.25) is 5.91 Å². The van der Waals surface area contributed by atoms with E-state index in [1.54, 1.807) is 37.8 Å². The van der Waals surface area contributed by atoms with E-state index in [1.165, 1.54) is 12.1 Å². The molecule has 2 amide bonds. The summed E-state index contributed by atoms with van der Waals surface area (Å²) in [6.07, 6.45) is -1.19. The summed E-state index contributed by atoms with van der Waals surface area (Å²) in [5.74, 6) is -0.154. The molecule has 0 radical (unpaired) electrons. The van der Waals surface area contributed by atoms with E-state index >= 15 is 0 Å². The van der Waals surface area contributed by atoms with Crippen LogP contribution in [0.5, 0.6) is 0 Å². The van der Waals surface area contributed by atoms with Gasteiger partial charge >= 0.3 is 12.1 Å². The van der Waals surface area contributed by atoms with Gasteiger partial charge in [0, 0.05) is 24.3 Å². The molecule has 1 atom stereocenters. The van der Waals surface area contributed by atoms with Crippen LogP contribution >= 0.6 is 13.5 Å². The fourth-order valence-corrected chi connectivity index (χ4v) is 5.06. The number of esters is 1. The van der Waals surface area contributed by atoms with Gasteiger partial charge in [0.15, 0.2) is 0 Å². The molecule has 2 N–H and O–H groups in total. The zero-order valence-corrected chi connectivity index (χ0v) is 27.9. The molecular formula is C35H40FN5O5S. The Balaban J connectivity index is 0.00000500. The van der Waals surface area contributed by atoms with Crippen molar-refractivity contribution in [1.29, 1.82) is 0 Å². The predicted molar refractivity (Wildman–Crippen MR) is 182 cm³/mol. The molecule has 1 aliphatic heterocycles. The number of halogens is 1. The minimum absolute atomic E-state index is 0. The van der Waals surface area contributed by atoms with Gasteiger partial charge in [-0.25, -0.2) is 14.2 Å². The van der Waals surface area contributed by atoms with Gasteiger partial charge < -0.3 is 29.6 Å². The van der Waals surface area contributed by atoms with Crippen molar-refractivity contribution in [3.63, 3.8) is 0 Å². The Morgan fingerprint density at radius 2 is 1.64 bits per heavy atom. The quantitative estimate of drug-likeness (QED) is 0.205. The van der Waals surface area contributed by atoms with Crippen LogP contribution in [0, 0.1) is 12.7 Å². The Kier molecular flexibility index (Phi) is 11.3. The number of amides is 2. The van der Waals surface area contributed by atoms with E-state index in [1.807, 2.05) is 66.1 Å². The number of ether oxygens (including phenoxy) is 2. The van der Waals surface area contributed by atoms with Gasteiger partial charge in [-0.15, -0.1) is 0 Å². The number of benzene rings is 3. The van der Waals surface area contributed by atoms with E-state index in [0.29, 0.717) is 36.0 Å². The summed E-state index contributed by atoms with van der Waals surface area (Å²) in [7, 11) is 0. The molecule has 248 valence electrons. The number of rotatable bonds is 9. The topological polar surface area (TPSA) is 115 Å². The van der Waals surface area contributed by atoms with Crippen LogP contribution in [0.2, 0.25) is 0 Å². The van der Waals surface area contributed by atoms with Crippen molar-refractivity contribution >= 4 is 43.0 Å². The molecular weight excluding hydrogens is 621 g/mol. The summed E-state index contributed by atoms with van der Waals surface area (Å²) in [5.41, 5.74) is 3.28. The average molecular weight is 662 g/mol. The summed E-state index contributed by atoms with van der Waals surface area (Å²) in [6, 6.07) is 22.0. The number of fused-ring (bicyclic) bond motifs is 1. The monoisotopic (exact) mass is 661 g/mol. The number of carbonyl (C=O) groups excluding carboxylic acids is 3. The van der Waals surface area contributed by atoms with Crippen LogP contribution in [0.15, 0.2) is 78.9 Å². The molecule has 0 aliphatic carbocycles. The fourth-order valence-electron chi connectivity index (χ4n) is 5.06. The van der Waals surface area contributed by atoms with E-state index in [4.69, 9.17) is 14.5 Å². The van der Waals surface area contributed by atoms with Crippen molar-refractivity contribution in [2.75, 3.05) is 11.9 Å². The molecule has 3 aromatic carbocycles. The molecule has 1 aromatic heterocycles. The lowest BCUT2D eigenvalue weighted by molar-refractivity contribution is -0.148. The molecule has 4 aromatic rings. The molecule has 10 nitrogen and oxygen atoms in total. The fraction of sp³-hybridized carbons (Fsp3) is 0.314. The molecule has 2 heterocycles. The number of hydrogen-bond donors (Lipinski definition) is 2. The Labute approximate surface area is 280 Å². The SMILES string of the molecule is Cc1ccc(Nc2c(-c3ccc(F)cc3)nc3n2CCN(C(=O)[C@H](CC(=O)OCc2ccccc2)NC(=O)OC(C)(C)C)C3)cc1.S. The maximum atomic E-state index is 13.9. The summed E-state index contributed by atoms with van der Waals surface area (Å²) in [4.78, 5) is 45.9. The largest absolute Gasteiger partial charge is 0.461 e. The normalized spacial score (nSPS) is 13.1. The van der Waals surface area contributed by atoms with Crippen molar-refractivity contribution in [2.45, 2.75) is 65.5 Å². The van der Waals surface area contributed by atoms with Crippen LogP contribution in [0.25, 0.3) is 11.3 Å². The van der Waals surface area contributed by atoms with Gasteiger partial charge in [-0.2, -0.15) is 13.5 Å². The highest BCUT2D eigenvalue weighted by Gasteiger charge is 2.34. The first-order chi connectivity index (χ1) is 21.9. The molecule has 0 fully saturated rings. The second kappa shape index (κ2) is 15.2. The van der Waals surface area contributed by atoms with Crippen molar-refractivity contribution in [2.24, 2.45) is 0 Å². The predicted octanol–water partition coefficient (Wildman–Crippen LogP) is 6.22. The number of aryl methyl sites for hydroxylation is 1. The van der Waals surface area contributed by atoms with Gasteiger partial charge in [-0.1, -0.05) is 48.0 Å². The molecule has 0 unspecified atom stereocenters. The number of aromatic nitrogens is 2. The molecule has 12 heteroatoms. The second-order valence-electron chi connectivity index (χ2n) is 12.2. The summed E-state index contributed by atoms with van der Waals surface area (Å²) in [5, 5.41) is 6.04. The number of hydrogen-bond acceptors (Lipinski definition) is 7. The molecule has 5 rings (SSSR count). The molecule has 1 aliphatic rings. The molecule has 0 spiro atoms. The van der Waals surface area contributed by atoms with Crippen molar-refractivity contribution in [3.05, 3.63) is 102 Å². The van der Waals surface area contributed by atoms with E-state index in [9.17, 15) is 18.8 Å². The molecule has 0 saturated heterocycles. The van der Waals surface area contributed by atoms with Gasteiger partial charge in [0.05, 0.1) is 13.0 Å². The van der Waals surface area contributed by atoms with E-state index < -0.39 is 29.6 Å². The average Bonchev–Trinajstić information content (AvgIpc) is 3.37. The summed E-state index contributed by atoms with van der Waals surface area (Å²) in [6.45, 7) is 7.98. The first-order valence-electron chi connectivity index (χ1n) is 15.1. The van der Waals surface area contributed by atoms with Crippen LogP contribution in [0.4, 0.5) is 20.7 Å². The smallest absolute Gasteiger partial charge is 0.408 e. The van der Waals surface area contributed by atoms with E-state index in [2.05, 4.69) is 10.6 Å². The van der Waals surface area contributed by atoms with Crippen molar-refractivity contribution in [3.8, 4) is 11.3 Å². The van der Waals surface area contributed by atoms with Crippen LogP contribution in [-0.4, -0.2) is 50.6 Å². The van der Waals surface area contributed by atoms with Crippen LogP contribution in [-0.2, 0) is 38.8 Å². The Morgan fingerprint density at radius 1 is 0.957 bits per heavy atom. The van der Waals surface area contributed by atoms with Crippen LogP contribution in [0.1, 0.15) is 44.1 Å². The third-order valence-corrected chi connectivity index (χ3v) is 7.32. The Bertz CT molecular complexity index is 1690. The molecule has 47 heavy (non-hydrogen) atoms. The first-order valence-corrected chi connectivity index (χ1v) is 15.1. The highest BCUT2D eigenvalue weighted by molar-refractivity contribution is 7.59. The number of carbonyl (C=O) groups is 3. The minimum Gasteiger partial charge on any atom is -0.461 e. The lowest BCUT2D eigenvalue weighted by Crippen LogP contribution is -2.52. The van der Waals surface area contributed by atoms with E-state index in [0.717, 1.165) is 16.8 Å².